The minimum absolute atomic E-state index is 0.403. The molecule has 2 rings (SSSR count). The monoisotopic (exact) mass is 290 g/mol. The molecule has 1 aromatic rings. The van der Waals surface area contributed by atoms with Crippen LogP contribution in [-0.2, 0) is 0 Å². The molecule has 1 saturated carbocycles. The van der Waals surface area contributed by atoms with Crippen molar-refractivity contribution < 1.29 is 4.74 Å². The Morgan fingerprint density at radius 3 is 2.52 bits per heavy atom. The second-order valence-corrected chi connectivity index (χ2v) is 6.77. The molecule has 0 unspecified atom stereocenters. The summed E-state index contributed by atoms with van der Waals surface area (Å²) in [5.41, 5.74) is 1.59. The van der Waals surface area contributed by atoms with Crippen LogP contribution < -0.4 is 15.0 Å². The van der Waals surface area contributed by atoms with Crippen molar-refractivity contribution in [3.05, 3.63) is 24.3 Å². The predicted octanol–water partition coefficient (Wildman–Crippen LogP) is 3.69. The molecule has 0 amide bonds. The molecule has 0 spiro atoms. The first-order chi connectivity index (χ1) is 10.1. The van der Waals surface area contributed by atoms with Crippen LogP contribution in [-0.4, -0.2) is 33.3 Å². The van der Waals surface area contributed by atoms with Gasteiger partial charge in [-0.3, -0.25) is 0 Å². The Bertz CT molecular complexity index is 439. The van der Waals surface area contributed by atoms with Gasteiger partial charge in [-0.2, -0.15) is 0 Å². The standard InChI is InChI=1S/C18H30N2O/c1-15(2)19-13-18(11-7-8-12-18)14-20(3)16-9-5-6-10-17(16)21-4/h5-6,9-10,15,19H,7-8,11-14H2,1-4H3. The van der Waals surface area contributed by atoms with Crippen LogP contribution in [0, 0.1) is 5.41 Å². The SMILES string of the molecule is COc1ccccc1N(C)CC1(CNC(C)C)CCCC1. The van der Waals surface area contributed by atoms with Crippen LogP contribution in [0.2, 0.25) is 0 Å². The Hall–Kier alpha value is -1.22. The van der Waals surface area contributed by atoms with Crippen molar-refractivity contribution in [1.82, 2.24) is 5.32 Å². The van der Waals surface area contributed by atoms with Crippen molar-refractivity contribution in [2.24, 2.45) is 5.41 Å². The summed E-state index contributed by atoms with van der Waals surface area (Å²) in [5, 5.41) is 3.66. The lowest BCUT2D eigenvalue weighted by atomic mass is 9.85. The lowest BCUT2D eigenvalue weighted by Crippen LogP contribution is -2.43. The van der Waals surface area contributed by atoms with Crippen molar-refractivity contribution in [3.63, 3.8) is 0 Å². The van der Waals surface area contributed by atoms with Gasteiger partial charge in [-0.25, -0.2) is 0 Å². The quantitative estimate of drug-likeness (QED) is 0.829. The Balaban J connectivity index is 2.09. The minimum Gasteiger partial charge on any atom is -0.495 e. The summed E-state index contributed by atoms with van der Waals surface area (Å²) in [6, 6.07) is 8.86. The van der Waals surface area contributed by atoms with Gasteiger partial charge in [0.05, 0.1) is 12.8 Å². The number of para-hydroxylation sites is 2. The molecule has 1 aromatic carbocycles. The molecule has 3 heteroatoms. The number of nitrogens with one attached hydrogen (secondary N) is 1. The highest BCUT2D eigenvalue weighted by Crippen LogP contribution is 2.40. The fraction of sp³-hybridized carbons (Fsp3) is 0.667. The zero-order chi connectivity index (χ0) is 15.3. The van der Waals surface area contributed by atoms with E-state index in [0.717, 1.165) is 18.8 Å². The van der Waals surface area contributed by atoms with E-state index in [0.29, 0.717) is 11.5 Å². The van der Waals surface area contributed by atoms with Crippen LogP contribution >= 0.6 is 0 Å². The molecule has 0 heterocycles. The van der Waals surface area contributed by atoms with Gasteiger partial charge in [-0.15, -0.1) is 0 Å². The van der Waals surface area contributed by atoms with E-state index in [1.165, 1.54) is 31.4 Å². The van der Waals surface area contributed by atoms with Gasteiger partial charge in [-0.05, 0) is 25.0 Å². The molecule has 0 atom stereocenters. The lowest BCUT2D eigenvalue weighted by Gasteiger charge is -2.36. The van der Waals surface area contributed by atoms with Gasteiger partial charge in [-0.1, -0.05) is 38.8 Å². The Morgan fingerprint density at radius 1 is 1.24 bits per heavy atom. The zero-order valence-corrected chi connectivity index (χ0v) is 14.0. The molecule has 0 bridgehead atoms. The summed E-state index contributed by atoms with van der Waals surface area (Å²) in [4.78, 5) is 2.37. The summed E-state index contributed by atoms with van der Waals surface area (Å²) in [5.74, 6) is 0.963. The molecule has 0 radical (unpaired) electrons. The average Bonchev–Trinajstić information content (AvgIpc) is 2.94. The molecule has 1 aliphatic carbocycles. The van der Waals surface area contributed by atoms with E-state index in [2.05, 4.69) is 43.2 Å². The first-order valence-electron chi connectivity index (χ1n) is 8.14. The average molecular weight is 290 g/mol. The first-order valence-corrected chi connectivity index (χ1v) is 8.14. The molecule has 1 aliphatic rings. The molecular weight excluding hydrogens is 260 g/mol. The van der Waals surface area contributed by atoms with E-state index < -0.39 is 0 Å². The fourth-order valence-corrected chi connectivity index (χ4v) is 3.47. The van der Waals surface area contributed by atoms with E-state index in [1.807, 2.05) is 12.1 Å². The van der Waals surface area contributed by atoms with Crippen molar-refractivity contribution in [3.8, 4) is 5.75 Å². The Labute approximate surface area is 129 Å². The third-order valence-electron chi connectivity index (χ3n) is 4.62. The van der Waals surface area contributed by atoms with Gasteiger partial charge in [0.2, 0.25) is 0 Å². The van der Waals surface area contributed by atoms with E-state index >= 15 is 0 Å². The molecule has 0 aliphatic heterocycles. The van der Waals surface area contributed by atoms with E-state index in [-0.39, 0.29) is 0 Å². The van der Waals surface area contributed by atoms with Crippen molar-refractivity contribution in [2.75, 3.05) is 32.1 Å². The summed E-state index contributed by atoms with van der Waals surface area (Å²) >= 11 is 0. The number of benzene rings is 1. The third kappa shape index (κ3) is 4.13. The number of ether oxygens (including phenoxy) is 1. The molecule has 1 fully saturated rings. The van der Waals surface area contributed by atoms with Crippen molar-refractivity contribution >= 4 is 5.69 Å². The van der Waals surface area contributed by atoms with Crippen LogP contribution in [0.4, 0.5) is 5.69 Å². The fourth-order valence-electron chi connectivity index (χ4n) is 3.47. The maximum Gasteiger partial charge on any atom is 0.142 e. The van der Waals surface area contributed by atoms with E-state index in [4.69, 9.17) is 4.74 Å². The highest BCUT2D eigenvalue weighted by molar-refractivity contribution is 5.58. The highest BCUT2D eigenvalue weighted by Gasteiger charge is 2.35. The molecule has 118 valence electrons. The number of anilines is 1. The van der Waals surface area contributed by atoms with Gasteiger partial charge in [0.1, 0.15) is 5.75 Å². The summed E-state index contributed by atoms with van der Waals surface area (Å²) in [7, 11) is 3.94. The third-order valence-corrected chi connectivity index (χ3v) is 4.62. The van der Waals surface area contributed by atoms with Gasteiger partial charge >= 0.3 is 0 Å². The number of rotatable bonds is 7. The first kappa shape index (κ1) is 16.2. The molecule has 0 saturated heterocycles. The highest BCUT2D eigenvalue weighted by atomic mass is 16.5. The molecule has 3 nitrogen and oxygen atoms in total. The van der Waals surface area contributed by atoms with E-state index in [1.54, 1.807) is 7.11 Å². The number of hydrogen-bond acceptors (Lipinski definition) is 3. The summed E-state index contributed by atoms with van der Waals surface area (Å²) in [6.45, 7) is 6.66. The Kier molecular flexibility index (Phi) is 5.51. The summed E-state index contributed by atoms with van der Waals surface area (Å²) in [6.07, 6.45) is 5.37. The van der Waals surface area contributed by atoms with Crippen LogP contribution in [0.25, 0.3) is 0 Å². The zero-order valence-electron chi connectivity index (χ0n) is 14.0. The van der Waals surface area contributed by atoms with Gasteiger partial charge in [0.25, 0.3) is 0 Å². The molecule has 0 aromatic heterocycles. The maximum atomic E-state index is 5.50. The van der Waals surface area contributed by atoms with Crippen LogP contribution in [0.15, 0.2) is 24.3 Å². The molecule has 1 N–H and O–H groups in total. The maximum absolute atomic E-state index is 5.50. The van der Waals surface area contributed by atoms with Gasteiger partial charge in [0, 0.05) is 31.6 Å². The van der Waals surface area contributed by atoms with Crippen molar-refractivity contribution in [2.45, 2.75) is 45.6 Å². The second-order valence-electron chi connectivity index (χ2n) is 6.77. The lowest BCUT2D eigenvalue weighted by molar-refractivity contribution is 0.277. The van der Waals surface area contributed by atoms with Gasteiger partial charge in [0.15, 0.2) is 0 Å². The number of hydrogen-bond donors (Lipinski definition) is 1. The number of methoxy groups -OCH3 is 1. The Morgan fingerprint density at radius 2 is 1.90 bits per heavy atom. The van der Waals surface area contributed by atoms with Crippen LogP contribution in [0.3, 0.4) is 0 Å². The minimum atomic E-state index is 0.403. The number of nitrogens with zero attached hydrogens (tertiary/aromatic N) is 1. The summed E-state index contributed by atoms with van der Waals surface area (Å²) < 4.78 is 5.50. The second kappa shape index (κ2) is 7.17. The smallest absolute Gasteiger partial charge is 0.142 e. The van der Waals surface area contributed by atoms with Crippen LogP contribution in [0.5, 0.6) is 5.75 Å². The van der Waals surface area contributed by atoms with Crippen LogP contribution in [0.1, 0.15) is 39.5 Å². The van der Waals surface area contributed by atoms with Gasteiger partial charge < -0.3 is 15.0 Å². The molecular formula is C18H30N2O. The topological polar surface area (TPSA) is 24.5 Å². The predicted molar refractivity (Wildman–Crippen MR) is 90.3 cm³/mol. The largest absolute Gasteiger partial charge is 0.495 e. The van der Waals surface area contributed by atoms with Crippen molar-refractivity contribution in [1.29, 1.82) is 0 Å². The normalized spacial score (nSPS) is 17.2. The van der Waals surface area contributed by atoms with E-state index in [9.17, 15) is 0 Å². The molecule has 21 heavy (non-hydrogen) atoms.